The van der Waals surface area contributed by atoms with Gasteiger partial charge in [0, 0.05) is 12.6 Å². The lowest BCUT2D eigenvalue weighted by Crippen LogP contribution is -2.24. The number of unbranched alkanes of at least 4 members (excludes halogenated alkanes) is 1. The minimum Gasteiger partial charge on any atom is -0.394 e. The fraction of sp³-hybridized carbons (Fsp3) is 0.647. The Morgan fingerprint density at radius 2 is 2.24 bits per heavy atom. The van der Waals surface area contributed by atoms with Gasteiger partial charge in [-0.3, -0.25) is 0 Å². The summed E-state index contributed by atoms with van der Waals surface area (Å²) in [6.45, 7) is 2.00. The van der Waals surface area contributed by atoms with Crippen molar-refractivity contribution in [2.75, 3.05) is 23.8 Å². The highest BCUT2D eigenvalue weighted by Gasteiger charge is 2.35. The molecule has 0 aliphatic carbocycles. The van der Waals surface area contributed by atoms with E-state index in [4.69, 9.17) is 10.5 Å². The van der Waals surface area contributed by atoms with Crippen LogP contribution in [0, 0.1) is 0 Å². The van der Waals surface area contributed by atoms with Crippen LogP contribution in [0.4, 0.5) is 5.82 Å². The minimum atomic E-state index is -0.681. The van der Waals surface area contributed by atoms with E-state index in [9.17, 15) is 10.2 Å². The second-order valence-corrected chi connectivity index (χ2v) is 7.57. The second kappa shape index (κ2) is 8.35. The predicted molar refractivity (Wildman–Crippen MR) is 99.5 cm³/mol. The molecule has 4 N–H and O–H groups in total. The molecular formula is C17H26N4O3S. The zero-order valence-corrected chi connectivity index (χ0v) is 15.3. The molecule has 3 atom stereocenters. The molecule has 0 aromatic carbocycles. The van der Waals surface area contributed by atoms with Gasteiger partial charge in [-0.2, -0.15) is 11.8 Å². The molecule has 1 fully saturated rings. The summed E-state index contributed by atoms with van der Waals surface area (Å²) in [5, 5.41) is 20.2. The third-order valence-electron chi connectivity index (χ3n) is 4.57. The van der Waals surface area contributed by atoms with E-state index < -0.39 is 12.2 Å². The van der Waals surface area contributed by atoms with Crippen molar-refractivity contribution in [1.29, 1.82) is 0 Å². The summed E-state index contributed by atoms with van der Waals surface area (Å²) >= 11 is 1.94. The van der Waals surface area contributed by atoms with Crippen molar-refractivity contribution in [2.24, 2.45) is 0 Å². The number of aliphatic hydroxyl groups excluding tert-OH is 2. The Balaban J connectivity index is 1.83. The van der Waals surface area contributed by atoms with Gasteiger partial charge in [0.1, 0.15) is 30.1 Å². The number of aryl methyl sites for hydroxylation is 1. The van der Waals surface area contributed by atoms with E-state index in [1.807, 2.05) is 22.5 Å². The van der Waals surface area contributed by atoms with Crippen LogP contribution in [0.15, 0.2) is 12.5 Å². The highest BCUT2D eigenvalue weighted by Crippen LogP contribution is 2.34. The van der Waals surface area contributed by atoms with E-state index in [0.29, 0.717) is 12.2 Å². The molecule has 138 valence electrons. The van der Waals surface area contributed by atoms with Gasteiger partial charge in [-0.25, -0.2) is 9.97 Å². The number of thioether (sulfide) groups is 1. The summed E-state index contributed by atoms with van der Waals surface area (Å²) in [4.78, 5) is 8.51. The Labute approximate surface area is 151 Å². The topological polar surface area (TPSA) is 106 Å². The lowest BCUT2D eigenvalue weighted by molar-refractivity contribution is -0.0430. The van der Waals surface area contributed by atoms with Crippen molar-refractivity contribution in [3.05, 3.63) is 18.1 Å². The summed E-state index contributed by atoms with van der Waals surface area (Å²) in [6, 6.07) is 0. The third-order valence-corrected chi connectivity index (χ3v) is 5.64. The Hall–Kier alpha value is -1.35. The van der Waals surface area contributed by atoms with Crippen LogP contribution in [-0.4, -0.2) is 55.1 Å². The van der Waals surface area contributed by atoms with Crippen molar-refractivity contribution in [3.8, 4) is 0 Å². The maximum absolute atomic E-state index is 10.0. The van der Waals surface area contributed by atoms with E-state index in [0.717, 1.165) is 34.5 Å². The maximum atomic E-state index is 10.0. The van der Waals surface area contributed by atoms with Crippen molar-refractivity contribution >= 4 is 28.6 Å². The first-order valence-corrected chi connectivity index (χ1v) is 9.93. The lowest BCUT2D eigenvalue weighted by atomic mass is 10.2. The van der Waals surface area contributed by atoms with Crippen molar-refractivity contribution in [1.82, 2.24) is 14.5 Å². The quantitative estimate of drug-likeness (QED) is 0.611. The minimum absolute atomic E-state index is 0.199. The highest BCUT2D eigenvalue weighted by molar-refractivity contribution is 7.99. The Bertz CT molecular complexity index is 709. The van der Waals surface area contributed by atoms with E-state index >= 15 is 0 Å². The zero-order chi connectivity index (χ0) is 17.8. The van der Waals surface area contributed by atoms with Crippen LogP contribution in [0.1, 0.15) is 38.0 Å². The molecule has 0 amide bonds. The van der Waals surface area contributed by atoms with Crippen LogP contribution in [0.25, 0.3) is 11.0 Å². The highest BCUT2D eigenvalue weighted by atomic mass is 32.2. The predicted octanol–water partition coefficient (Wildman–Crippen LogP) is 1.73. The number of anilines is 1. The molecule has 3 rings (SSSR count). The molecule has 0 bridgehead atoms. The van der Waals surface area contributed by atoms with E-state index in [1.54, 1.807) is 0 Å². The molecule has 8 heteroatoms. The molecule has 0 spiro atoms. The van der Waals surface area contributed by atoms with E-state index in [1.165, 1.54) is 19.2 Å². The number of hydrogen-bond acceptors (Lipinski definition) is 7. The molecule has 2 aromatic heterocycles. The van der Waals surface area contributed by atoms with Crippen LogP contribution >= 0.6 is 11.8 Å². The van der Waals surface area contributed by atoms with Gasteiger partial charge in [-0.05, 0) is 29.9 Å². The van der Waals surface area contributed by atoms with Crippen LogP contribution < -0.4 is 5.73 Å². The van der Waals surface area contributed by atoms with Gasteiger partial charge in [-0.1, -0.05) is 13.3 Å². The Morgan fingerprint density at radius 3 is 2.96 bits per heavy atom. The SMILES string of the molecule is CCCCSCCc1cn([C@H]2C[C@H](O)[C@@H](CO)O2)c2ncnc(N)c12. The molecule has 7 nitrogen and oxygen atoms in total. The lowest BCUT2D eigenvalue weighted by Gasteiger charge is -2.14. The third kappa shape index (κ3) is 3.92. The molecule has 2 aromatic rings. The van der Waals surface area contributed by atoms with Crippen molar-refractivity contribution in [3.63, 3.8) is 0 Å². The summed E-state index contributed by atoms with van der Waals surface area (Å²) < 4.78 is 7.70. The van der Waals surface area contributed by atoms with Crippen LogP contribution in [0.5, 0.6) is 0 Å². The summed E-state index contributed by atoms with van der Waals surface area (Å²) in [5.74, 6) is 2.65. The first-order chi connectivity index (χ1) is 12.2. The molecular weight excluding hydrogens is 340 g/mol. The Morgan fingerprint density at radius 1 is 1.40 bits per heavy atom. The summed E-state index contributed by atoms with van der Waals surface area (Å²) in [7, 11) is 0. The number of nitrogen functional groups attached to an aromatic ring is 1. The average molecular weight is 366 g/mol. The molecule has 0 saturated carbocycles. The van der Waals surface area contributed by atoms with E-state index in [-0.39, 0.29) is 12.8 Å². The van der Waals surface area contributed by atoms with Gasteiger partial charge in [0.2, 0.25) is 0 Å². The fourth-order valence-corrected chi connectivity index (χ4v) is 4.24. The van der Waals surface area contributed by atoms with Crippen LogP contribution in [0.3, 0.4) is 0 Å². The number of hydrogen-bond donors (Lipinski definition) is 3. The van der Waals surface area contributed by atoms with Gasteiger partial charge >= 0.3 is 0 Å². The zero-order valence-electron chi connectivity index (χ0n) is 14.5. The number of rotatable bonds is 8. The summed E-state index contributed by atoms with van der Waals surface area (Å²) in [6.07, 6.45) is 5.60. The van der Waals surface area contributed by atoms with Crippen molar-refractivity contribution < 1.29 is 14.9 Å². The standard InChI is InChI=1S/C17H26N4O3S/c1-2-3-5-25-6-4-11-8-21(14-7-12(23)13(9-22)24-14)17-15(11)16(18)19-10-20-17/h8,10,12-14,22-23H,2-7,9H2,1H3,(H2,18,19,20)/t12-,13+,14+/m0/s1. The number of nitrogens with zero attached hydrogens (tertiary/aromatic N) is 3. The molecule has 0 radical (unpaired) electrons. The number of ether oxygens (including phenoxy) is 1. The molecule has 1 saturated heterocycles. The Kier molecular flexibility index (Phi) is 6.16. The summed E-state index contributed by atoms with van der Waals surface area (Å²) in [5.41, 5.74) is 7.92. The monoisotopic (exact) mass is 366 g/mol. The van der Waals surface area contributed by atoms with E-state index in [2.05, 4.69) is 16.9 Å². The van der Waals surface area contributed by atoms with Gasteiger partial charge in [0.05, 0.1) is 18.1 Å². The number of fused-ring (bicyclic) bond motifs is 1. The van der Waals surface area contributed by atoms with Crippen molar-refractivity contribution in [2.45, 2.75) is 51.0 Å². The van der Waals surface area contributed by atoms with Crippen LogP contribution in [0.2, 0.25) is 0 Å². The normalized spacial score (nSPS) is 23.6. The van der Waals surface area contributed by atoms with Crippen LogP contribution in [-0.2, 0) is 11.2 Å². The van der Waals surface area contributed by atoms with Gasteiger partial charge in [-0.15, -0.1) is 0 Å². The largest absolute Gasteiger partial charge is 0.394 e. The molecule has 0 unspecified atom stereocenters. The van der Waals surface area contributed by atoms with Gasteiger partial charge < -0.3 is 25.3 Å². The molecule has 1 aliphatic rings. The number of aliphatic hydroxyl groups is 2. The molecule has 25 heavy (non-hydrogen) atoms. The molecule has 1 aliphatic heterocycles. The fourth-order valence-electron chi connectivity index (χ4n) is 3.18. The van der Waals surface area contributed by atoms with Gasteiger partial charge in [0.25, 0.3) is 0 Å². The number of nitrogens with two attached hydrogens (primary N) is 1. The average Bonchev–Trinajstić information content (AvgIpc) is 3.16. The number of aromatic nitrogens is 3. The second-order valence-electron chi connectivity index (χ2n) is 6.35. The smallest absolute Gasteiger partial charge is 0.147 e. The van der Waals surface area contributed by atoms with Gasteiger partial charge in [0.15, 0.2) is 0 Å². The maximum Gasteiger partial charge on any atom is 0.147 e. The first-order valence-electron chi connectivity index (χ1n) is 8.77. The first kappa shape index (κ1) is 18.4. The molecule has 3 heterocycles.